The zero-order valence-electron chi connectivity index (χ0n) is 17.0. The molecule has 1 heterocycles. The van der Waals surface area contributed by atoms with Crippen LogP contribution in [0.3, 0.4) is 0 Å². The number of rotatable bonds is 5. The van der Waals surface area contributed by atoms with Gasteiger partial charge in [-0.15, -0.1) is 0 Å². The first kappa shape index (κ1) is 22.1. The molecule has 0 unspecified atom stereocenters. The van der Waals surface area contributed by atoms with Gasteiger partial charge in [-0.05, 0) is 56.7 Å². The van der Waals surface area contributed by atoms with Crippen LogP contribution in [0.5, 0.6) is 5.75 Å². The molecule has 0 radical (unpaired) electrons. The van der Waals surface area contributed by atoms with E-state index in [9.17, 15) is 4.79 Å². The fourth-order valence-corrected chi connectivity index (χ4v) is 3.60. The van der Waals surface area contributed by atoms with Crippen molar-refractivity contribution in [3.63, 3.8) is 0 Å². The van der Waals surface area contributed by atoms with E-state index in [0.717, 1.165) is 11.3 Å². The lowest BCUT2D eigenvalue weighted by Gasteiger charge is -2.15. The second-order valence-electron chi connectivity index (χ2n) is 7.13. The summed E-state index contributed by atoms with van der Waals surface area (Å²) in [5.41, 5.74) is 5.16. The first-order valence-electron chi connectivity index (χ1n) is 9.13. The number of benzene rings is 2. The van der Waals surface area contributed by atoms with Crippen molar-refractivity contribution in [2.75, 3.05) is 20.8 Å². The number of allylic oxidation sites excluding steroid dienone is 1. The van der Waals surface area contributed by atoms with Crippen molar-refractivity contribution < 1.29 is 42.8 Å². The maximum atomic E-state index is 11.6. The Kier molecular flexibility index (Phi) is 7.04. The SMILES string of the molecule is CCOc1ccc2c(c1)[N+](C)=C(C=Cc1ccc(C(=O)OC)cc1)C2(C)C.[I-]. The molecule has 0 saturated heterocycles. The van der Waals surface area contributed by atoms with Crippen LogP contribution in [0.2, 0.25) is 0 Å². The van der Waals surface area contributed by atoms with Crippen LogP contribution in [0.4, 0.5) is 5.69 Å². The highest BCUT2D eigenvalue weighted by Crippen LogP contribution is 2.41. The van der Waals surface area contributed by atoms with Crippen LogP contribution in [-0.2, 0) is 10.2 Å². The highest BCUT2D eigenvalue weighted by atomic mass is 127. The van der Waals surface area contributed by atoms with E-state index in [0.29, 0.717) is 12.2 Å². The van der Waals surface area contributed by atoms with E-state index in [2.05, 4.69) is 49.8 Å². The highest BCUT2D eigenvalue weighted by Gasteiger charge is 2.43. The minimum Gasteiger partial charge on any atom is -1.00 e. The summed E-state index contributed by atoms with van der Waals surface area (Å²) in [7, 11) is 3.47. The molecule has 0 spiro atoms. The predicted molar refractivity (Wildman–Crippen MR) is 108 cm³/mol. The van der Waals surface area contributed by atoms with Crippen LogP contribution < -0.4 is 28.7 Å². The Morgan fingerprint density at radius 3 is 2.39 bits per heavy atom. The number of nitrogens with zero attached hydrogens (tertiary/aromatic N) is 1. The second kappa shape index (κ2) is 8.90. The lowest BCUT2D eigenvalue weighted by atomic mass is 9.81. The molecule has 4 nitrogen and oxygen atoms in total. The third-order valence-electron chi connectivity index (χ3n) is 5.08. The number of carbonyl (C=O) groups is 1. The zero-order chi connectivity index (χ0) is 19.6. The van der Waals surface area contributed by atoms with Crippen molar-refractivity contribution >= 4 is 23.4 Å². The number of hydrogen-bond acceptors (Lipinski definition) is 3. The first-order chi connectivity index (χ1) is 12.9. The second-order valence-corrected chi connectivity index (χ2v) is 7.13. The molecule has 1 aliphatic rings. The summed E-state index contributed by atoms with van der Waals surface area (Å²) in [6.45, 7) is 7.11. The number of halogens is 1. The molecule has 0 bridgehead atoms. The molecule has 0 saturated carbocycles. The van der Waals surface area contributed by atoms with E-state index in [1.807, 2.05) is 25.1 Å². The Morgan fingerprint density at radius 2 is 1.79 bits per heavy atom. The molecule has 5 heteroatoms. The smallest absolute Gasteiger partial charge is 0.337 e. The van der Waals surface area contributed by atoms with Gasteiger partial charge in [-0.25, -0.2) is 4.79 Å². The fraction of sp³-hybridized carbons (Fsp3) is 0.304. The zero-order valence-corrected chi connectivity index (χ0v) is 19.1. The summed E-state index contributed by atoms with van der Waals surface area (Å²) in [5.74, 6) is 0.569. The fourth-order valence-electron chi connectivity index (χ4n) is 3.60. The topological polar surface area (TPSA) is 38.5 Å². The van der Waals surface area contributed by atoms with Gasteiger partial charge in [0.15, 0.2) is 5.71 Å². The molecule has 0 aromatic heterocycles. The molecule has 0 amide bonds. The van der Waals surface area contributed by atoms with Crippen LogP contribution in [0.15, 0.2) is 48.5 Å². The maximum Gasteiger partial charge on any atom is 0.337 e. The molecule has 2 aromatic carbocycles. The monoisotopic (exact) mass is 491 g/mol. The van der Waals surface area contributed by atoms with Crippen molar-refractivity contribution in [2.24, 2.45) is 0 Å². The van der Waals surface area contributed by atoms with Gasteiger partial charge in [-0.3, -0.25) is 0 Å². The van der Waals surface area contributed by atoms with Gasteiger partial charge in [0.1, 0.15) is 12.8 Å². The summed E-state index contributed by atoms with van der Waals surface area (Å²) >= 11 is 0. The Morgan fingerprint density at radius 1 is 1.11 bits per heavy atom. The molecular formula is C23H26INO3. The van der Waals surface area contributed by atoms with Gasteiger partial charge in [-0.1, -0.05) is 12.1 Å². The number of hydrogen-bond donors (Lipinski definition) is 0. The van der Waals surface area contributed by atoms with E-state index < -0.39 is 0 Å². The molecule has 28 heavy (non-hydrogen) atoms. The molecule has 0 aliphatic carbocycles. The van der Waals surface area contributed by atoms with Gasteiger partial charge < -0.3 is 33.5 Å². The molecule has 0 fully saturated rings. The Labute approximate surface area is 183 Å². The largest absolute Gasteiger partial charge is 1.00 e. The number of methoxy groups -OCH3 is 1. The molecular weight excluding hydrogens is 465 g/mol. The van der Waals surface area contributed by atoms with Crippen LogP contribution in [0.1, 0.15) is 42.3 Å². The summed E-state index contributed by atoms with van der Waals surface area (Å²) < 4.78 is 12.6. The molecule has 2 aromatic rings. The van der Waals surface area contributed by atoms with E-state index in [1.54, 1.807) is 12.1 Å². The molecule has 0 N–H and O–H groups in total. The van der Waals surface area contributed by atoms with Crippen molar-refractivity contribution in [1.29, 1.82) is 0 Å². The lowest BCUT2D eigenvalue weighted by Crippen LogP contribution is -3.00. The van der Waals surface area contributed by atoms with Crippen LogP contribution in [-0.4, -0.2) is 37.0 Å². The number of esters is 1. The van der Waals surface area contributed by atoms with Crippen molar-refractivity contribution in [3.8, 4) is 5.75 Å². The van der Waals surface area contributed by atoms with Crippen molar-refractivity contribution in [2.45, 2.75) is 26.2 Å². The normalized spacial score (nSPS) is 14.6. The number of carbonyl (C=O) groups excluding carboxylic acids is 1. The Balaban J connectivity index is 0.00000280. The molecule has 1 aliphatic heterocycles. The predicted octanol–water partition coefficient (Wildman–Crippen LogP) is 1.60. The first-order valence-corrected chi connectivity index (χ1v) is 9.13. The maximum absolute atomic E-state index is 11.6. The third-order valence-corrected chi connectivity index (χ3v) is 5.08. The molecule has 0 atom stereocenters. The van der Waals surface area contributed by atoms with E-state index in [-0.39, 0.29) is 35.4 Å². The van der Waals surface area contributed by atoms with Crippen LogP contribution in [0.25, 0.3) is 6.08 Å². The average molecular weight is 491 g/mol. The van der Waals surface area contributed by atoms with E-state index in [4.69, 9.17) is 9.47 Å². The van der Waals surface area contributed by atoms with Gasteiger partial charge in [0.25, 0.3) is 0 Å². The van der Waals surface area contributed by atoms with Crippen LogP contribution in [0, 0.1) is 0 Å². The van der Waals surface area contributed by atoms with Crippen molar-refractivity contribution in [3.05, 3.63) is 65.2 Å². The number of fused-ring (bicyclic) bond motifs is 1. The highest BCUT2D eigenvalue weighted by molar-refractivity contribution is 6.05. The lowest BCUT2D eigenvalue weighted by molar-refractivity contribution is -0.401. The van der Waals surface area contributed by atoms with Gasteiger partial charge in [-0.2, -0.15) is 4.58 Å². The molecule has 3 rings (SSSR count). The van der Waals surface area contributed by atoms with Crippen LogP contribution >= 0.6 is 0 Å². The Bertz CT molecular complexity index is 927. The number of ether oxygens (including phenoxy) is 2. The summed E-state index contributed by atoms with van der Waals surface area (Å²) in [4.78, 5) is 11.6. The average Bonchev–Trinajstić information content (AvgIpc) is 2.86. The molecule has 148 valence electrons. The minimum atomic E-state index is -0.322. The summed E-state index contributed by atoms with van der Waals surface area (Å²) in [5, 5.41) is 0. The van der Waals surface area contributed by atoms with Gasteiger partial charge >= 0.3 is 5.97 Å². The summed E-state index contributed by atoms with van der Waals surface area (Å²) in [6, 6.07) is 13.7. The van der Waals surface area contributed by atoms with Gasteiger partial charge in [0.05, 0.1) is 30.8 Å². The summed E-state index contributed by atoms with van der Waals surface area (Å²) in [6.07, 6.45) is 4.22. The minimum absolute atomic E-state index is 0. The third kappa shape index (κ3) is 4.14. The van der Waals surface area contributed by atoms with E-state index in [1.165, 1.54) is 24.1 Å². The van der Waals surface area contributed by atoms with Gasteiger partial charge in [0, 0.05) is 11.6 Å². The van der Waals surface area contributed by atoms with Gasteiger partial charge in [0.2, 0.25) is 5.69 Å². The standard InChI is InChI=1S/C23H26NO3.HI/c1-6-27-18-12-13-19-20(15-18)24(4)21(23(19,2)3)14-9-16-7-10-17(11-8-16)22(25)26-5;/h7-15H,6H2,1-5H3;1H/q+1;/p-1. The van der Waals surface area contributed by atoms with Crippen molar-refractivity contribution in [1.82, 2.24) is 0 Å². The Hall–Kier alpha value is -2.15. The van der Waals surface area contributed by atoms with E-state index >= 15 is 0 Å². The quantitative estimate of drug-likeness (QED) is 0.363.